The number of aryl methyl sites for hydroxylation is 1. The van der Waals surface area contributed by atoms with E-state index in [1.807, 2.05) is 0 Å². The van der Waals surface area contributed by atoms with E-state index in [2.05, 4.69) is 0 Å². The van der Waals surface area contributed by atoms with Crippen molar-refractivity contribution in [3.8, 4) is 0 Å². The Morgan fingerprint density at radius 3 is 1.68 bits per heavy atom. The topological polar surface area (TPSA) is 37.3 Å². The van der Waals surface area contributed by atoms with Crippen LogP contribution in [-0.2, 0) is 29.9 Å². The second-order valence-electron chi connectivity index (χ2n) is 3.69. The monoisotopic (exact) mass is 306 g/mol. The van der Waals surface area contributed by atoms with Crippen LogP contribution in [0.2, 0.25) is 0 Å². The first kappa shape index (κ1) is 16.0. The van der Waals surface area contributed by atoms with E-state index >= 15 is 0 Å². The van der Waals surface area contributed by atoms with Crippen LogP contribution in [-0.4, -0.2) is 14.5 Å². The van der Waals surface area contributed by atoms with Gasteiger partial charge < -0.3 is 4.55 Å². The molecule has 1 atom stereocenters. The largest absolute Gasteiger partial charge is 0.416 e. The van der Waals surface area contributed by atoms with Crippen LogP contribution in [0.4, 0.5) is 26.3 Å². The van der Waals surface area contributed by atoms with Crippen molar-refractivity contribution in [2.75, 3.05) is 5.75 Å². The molecule has 9 heteroatoms. The van der Waals surface area contributed by atoms with Crippen LogP contribution >= 0.6 is 0 Å². The number of alkyl halides is 6. The summed E-state index contributed by atoms with van der Waals surface area (Å²) >= 11 is -2.28. The highest BCUT2D eigenvalue weighted by molar-refractivity contribution is 7.79. The van der Waals surface area contributed by atoms with E-state index in [4.69, 9.17) is 4.55 Å². The van der Waals surface area contributed by atoms with E-state index in [1.165, 1.54) is 0 Å². The first-order chi connectivity index (χ1) is 8.50. The molecule has 0 bridgehead atoms. The molecule has 0 aliphatic heterocycles. The molecule has 0 aliphatic carbocycles. The Hall–Kier alpha value is -1.09. The lowest BCUT2D eigenvalue weighted by Gasteiger charge is -2.13. The molecule has 0 aromatic heterocycles. The Kier molecular flexibility index (Phi) is 4.62. The molecule has 108 valence electrons. The molecule has 2 nitrogen and oxygen atoms in total. The van der Waals surface area contributed by atoms with Crippen molar-refractivity contribution < 1.29 is 35.1 Å². The van der Waals surface area contributed by atoms with Crippen molar-refractivity contribution in [3.63, 3.8) is 0 Å². The maximum atomic E-state index is 12.5. The maximum Gasteiger partial charge on any atom is 0.416 e. The summed E-state index contributed by atoms with van der Waals surface area (Å²) in [5.74, 6) is -0.432. The fourth-order valence-electron chi connectivity index (χ4n) is 1.37. The molecule has 1 aromatic rings. The second kappa shape index (κ2) is 5.49. The van der Waals surface area contributed by atoms with Gasteiger partial charge in [0.2, 0.25) is 0 Å². The minimum atomic E-state index is -4.91. The fourth-order valence-corrected chi connectivity index (χ4v) is 1.78. The molecular formula is C10H8F6O2S. The number of halogens is 6. The average molecular weight is 306 g/mol. The van der Waals surface area contributed by atoms with E-state index in [0.29, 0.717) is 12.1 Å². The van der Waals surface area contributed by atoms with Gasteiger partial charge in [0.15, 0.2) is 11.1 Å². The average Bonchev–Trinajstić information content (AvgIpc) is 2.23. The quantitative estimate of drug-likeness (QED) is 0.685. The Labute approximate surface area is 106 Å². The summed E-state index contributed by atoms with van der Waals surface area (Å²) in [6.07, 6.45) is -10.2. The van der Waals surface area contributed by atoms with E-state index in [0.717, 1.165) is 0 Å². The van der Waals surface area contributed by atoms with Gasteiger partial charge in [-0.2, -0.15) is 26.3 Å². The summed E-state index contributed by atoms with van der Waals surface area (Å²) in [6.45, 7) is 0. The van der Waals surface area contributed by atoms with Gasteiger partial charge in [0.05, 0.1) is 16.9 Å². The first-order valence-corrected chi connectivity index (χ1v) is 6.13. The number of rotatable bonds is 3. The Morgan fingerprint density at radius 2 is 1.37 bits per heavy atom. The highest BCUT2D eigenvalue weighted by Crippen LogP contribution is 2.36. The van der Waals surface area contributed by atoms with E-state index in [9.17, 15) is 30.6 Å². The Balaban J connectivity index is 3.21. The van der Waals surface area contributed by atoms with Gasteiger partial charge in [-0.05, 0) is 30.2 Å². The van der Waals surface area contributed by atoms with Crippen molar-refractivity contribution in [3.05, 3.63) is 34.9 Å². The number of hydrogen-bond acceptors (Lipinski definition) is 1. The Morgan fingerprint density at radius 1 is 0.947 bits per heavy atom. The number of benzene rings is 1. The van der Waals surface area contributed by atoms with Crippen molar-refractivity contribution >= 4 is 11.1 Å². The minimum Gasteiger partial charge on any atom is -0.306 e. The number of hydrogen-bond donors (Lipinski definition) is 1. The van der Waals surface area contributed by atoms with Gasteiger partial charge in [-0.15, -0.1) is 0 Å². The third-order valence-electron chi connectivity index (χ3n) is 2.21. The van der Waals surface area contributed by atoms with Crippen molar-refractivity contribution in [2.24, 2.45) is 0 Å². The summed E-state index contributed by atoms with van der Waals surface area (Å²) in [7, 11) is 0. The third kappa shape index (κ3) is 4.83. The summed E-state index contributed by atoms with van der Waals surface area (Å²) < 4.78 is 93.7. The van der Waals surface area contributed by atoms with Gasteiger partial charge in [-0.3, -0.25) is 0 Å². The van der Waals surface area contributed by atoms with Crippen molar-refractivity contribution in [1.82, 2.24) is 0 Å². The van der Waals surface area contributed by atoms with Crippen LogP contribution in [0, 0.1) is 0 Å². The molecule has 0 saturated carbocycles. The van der Waals surface area contributed by atoms with Gasteiger partial charge in [-0.1, -0.05) is 0 Å². The zero-order chi connectivity index (χ0) is 14.8. The molecular weight excluding hydrogens is 298 g/mol. The molecule has 0 fully saturated rings. The van der Waals surface area contributed by atoms with E-state index < -0.39 is 40.3 Å². The van der Waals surface area contributed by atoms with Crippen LogP contribution in [0.15, 0.2) is 18.2 Å². The molecule has 0 radical (unpaired) electrons. The van der Waals surface area contributed by atoms with E-state index in [-0.39, 0.29) is 18.1 Å². The molecule has 0 heterocycles. The maximum absolute atomic E-state index is 12.5. The predicted molar refractivity (Wildman–Crippen MR) is 55.8 cm³/mol. The lowest BCUT2D eigenvalue weighted by atomic mass is 10.0. The van der Waals surface area contributed by atoms with Gasteiger partial charge in [0, 0.05) is 0 Å². The highest BCUT2D eigenvalue weighted by atomic mass is 32.2. The van der Waals surface area contributed by atoms with Crippen LogP contribution in [0.5, 0.6) is 0 Å². The summed E-state index contributed by atoms with van der Waals surface area (Å²) in [5.41, 5.74) is -3.15. The predicted octanol–water partition coefficient (Wildman–Crippen LogP) is 3.49. The highest BCUT2D eigenvalue weighted by Gasteiger charge is 2.36. The zero-order valence-corrected chi connectivity index (χ0v) is 9.99. The zero-order valence-electron chi connectivity index (χ0n) is 9.18. The van der Waals surface area contributed by atoms with Crippen LogP contribution < -0.4 is 0 Å². The molecule has 1 aromatic carbocycles. The van der Waals surface area contributed by atoms with Crippen molar-refractivity contribution in [1.29, 1.82) is 0 Å². The molecule has 0 amide bonds. The minimum absolute atomic E-state index is 0.0133. The van der Waals surface area contributed by atoms with Crippen LogP contribution in [0.3, 0.4) is 0 Å². The lowest BCUT2D eigenvalue weighted by molar-refractivity contribution is -0.143. The summed E-state index contributed by atoms with van der Waals surface area (Å²) in [5, 5.41) is 0. The van der Waals surface area contributed by atoms with Crippen LogP contribution in [0.25, 0.3) is 0 Å². The molecule has 19 heavy (non-hydrogen) atoms. The lowest BCUT2D eigenvalue weighted by Crippen LogP contribution is -2.12. The molecule has 1 unspecified atom stereocenters. The summed E-state index contributed by atoms with van der Waals surface area (Å²) in [4.78, 5) is 0. The van der Waals surface area contributed by atoms with Crippen LogP contribution in [0.1, 0.15) is 16.7 Å². The third-order valence-corrected chi connectivity index (χ3v) is 2.77. The standard InChI is InChI=1S/C10H8F6O2S/c11-9(12,13)7-3-6(1-2-19(17)18)4-8(5-7)10(14,15)16/h3-5H,1-2H2,(H,17,18). The van der Waals surface area contributed by atoms with Crippen molar-refractivity contribution in [2.45, 2.75) is 18.8 Å². The molecule has 0 saturated heterocycles. The Bertz CT molecular complexity index is 448. The molecule has 0 spiro atoms. The van der Waals surface area contributed by atoms with Gasteiger partial charge in [0.25, 0.3) is 0 Å². The SMILES string of the molecule is O=S(O)CCc1cc(C(F)(F)F)cc(C(F)(F)F)c1. The first-order valence-electron chi connectivity index (χ1n) is 4.86. The fraction of sp³-hybridized carbons (Fsp3) is 0.400. The molecule has 1 rings (SSSR count). The smallest absolute Gasteiger partial charge is 0.306 e. The van der Waals surface area contributed by atoms with Gasteiger partial charge in [0.1, 0.15) is 0 Å². The van der Waals surface area contributed by atoms with Gasteiger partial charge >= 0.3 is 12.4 Å². The van der Waals surface area contributed by atoms with E-state index in [1.54, 1.807) is 0 Å². The molecule has 1 N–H and O–H groups in total. The second-order valence-corrected chi connectivity index (χ2v) is 4.74. The summed E-state index contributed by atoms with van der Waals surface area (Å²) in [6, 6.07) is 1.10. The van der Waals surface area contributed by atoms with Gasteiger partial charge in [-0.25, -0.2) is 4.21 Å². The molecule has 0 aliphatic rings. The normalized spacial score (nSPS) is 14.5.